The van der Waals surface area contributed by atoms with E-state index in [0.717, 1.165) is 27.5 Å². The predicted octanol–water partition coefficient (Wildman–Crippen LogP) is 5.17. The van der Waals surface area contributed by atoms with Crippen molar-refractivity contribution >= 4 is 50.5 Å². The number of hydrazone groups is 1. The van der Waals surface area contributed by atoms with Crippen LogP contribution in [0.1, 0.15) is 28.4 Å². The lowest BCUT2D eigenvalue weighted by molar-refractivity contribution is -0.114. The molecule has 0 aliphatic rings. The first-order chi connectivity index (χ1) is 15.5. The summed E-state index contributed by atoms with van der Waals surface area (Å²) >= 11 is 3.47. The van der Waals surface area contributed by atoms with E-state index >= 15 is 0 Å². The molecule has 1 heterocycles. The van der Waals surface area contributed by atoms with Crippen LogP contribution in [0, 0.1) is 0 Å². The Morgan fingerprint density at radius 1 is 1.03 bits per heavy atom. The van der Waals surface area contributed by atoms with Gasteiger partial charge in [-0.15, -0.1) is 0 Å². The summed E-state index contributed by atoms with van der Waals surface area (Å²) < 4.78 is 3.21. The first-order valence-corrected chi connectivity index (χ1v) is 10.8. The van der Waals surface area contributed by atoms with Gasteiger partial charge in [-0.3, -0.25) is 9.59 Å². The van der Waals surface area contributed by atoms with Crippen molar-refractivity contribution < 1.29 is 9.59 Å². The molecule has 0 saturated heterocycles. The molecule has 7 heteroatoms. The van der Waals surface area contributed by atoms with Crippen LogP contribution >= 0.6 is 15.9 Å². The topological polar surface area (TPSA) is 75.5 Å². The van der Waals surface area contributed by atoms with Gasteiger partial charge in [-0.2, -0.15) is 5.10 Å². The van der Waals surface area contributed by atoms with Crippen LogP contribution in [0.25, 0.3) is 10.9 Å². The number of rotatable bonds is 6. The molecule has 0 unspecified atom stereocenters. The average molecular weight is 489 g/mol. The Hall–Kier alpha value is -3.71. The number of nitrogens with zero attached hydrogens (tertiary/aromatic N) is 2. The zero-order valence-electron chi connectivity index (χ0n) is 17.4. The number of para-hydroxylation sites is 1. The largest absolute Gasteiger partial charge is 0.342 e. The smallest absolute Gasteiger partial charge is 0.271 e. The molecule has 1 aromatic heterocycles. The number of halogens is 1. The van der Waals surface area contributed by atoms with Crippen molar-refractivity contribution in [3.8, 4) is 0 Å². The summed E-state index contributed by atoms with van der Waals surface area (Å²) in [7, 11) is 0. The van der Waals surface area contributed by atoms with Gasteiger partial charge in [-0.05, 0) is 42.0 Å². The molecule has 6 nitrogen and oxygen atoms in total. The maximum Gasteiger partial charge on any atom is 0.271 e. The highest BCUT2D eigenvalue weighted by Gasteiger charge is 2.09. The van der Waals surface area contributed by atoms with Crippen molar-refractivity contribution in [2.75, 3.05) is 5.32 Å². The summed E-state index contributed by atoms with van der Waals surface area (Å²) in [4.78, 5) is 23.7. The van der Waals surface area contributed by atoms with Crippen LogP contribution < -0.4 is 10.7 Å². The number of hydrogen-bond donors (Lipinski definition) is 2. The van der Waals surface area contributed by atoms with Gasteiger partial charge in [0.15, 0.2) is 0 Å². The first kappa shape index (κ1) is 21.5. The van der Waals surface area contributed by atoms with Crippen LogP contribution in [0.2, 0.25) is 0 Å². The molecule has 160 valence electrons. The summed E-state index contributed by atoms with van der Waals surface area (Å²) in [5.74, 6) is -0.549. The number of nitrogens with one attached hydrogen (secondary N) is 2. The standard InChI is InChI=1S/C25H21BrN4O2/c1-17(31)28-22-6-4-5-19(13-22)25(32)29-27-14-20-16-30(24-8-3-2-7-23(20)24)15-18-9-11-21(26)12-10-18/h2-14,16H,15H2,1H3,(H,28,31)(H,29,32)/b27-14-. The molecule has 0 bridgehead atoms. The van der Waals surface area contributed by atoms with Gasteiger partial charge >= 0.3 is 0 Å². The summed E-state index contributed by atoms with van der Waals surface area (Å²) in [5.41, 5.74) is 6.71. The molecular weight excluding hydrogens is 468 g/mol. The third-order valence-electron chi connectivity index (χ3n) is 4.90. The van der Waals surface area contributed by atoms with Crippen molar-refractivity contribution in [1.82, 2.24) is 9.99 Å². The maximum atomic E-state index is 12.5. The molecule has 0 spiro atoms. The lowest BCUT2D eigenvalue weighted by Gasteiger charge is -2.05. The number of fused-ring (bicyclic) bond motifs is 1. The minimum atomic E-state index is -0.355. The predicted molar refractivity (Wildman–Crippen MR) is 131 cm³/mol. The Labute approximate surface area is 194 Å². The number of hydrogen-bond acceptors (Lipinski definition) is 3. The SMILES string of the molecule is CC(=O)Nc1cccc(C(=O)N/N=C\c2cn(Cc3ccc(Br)cc3)c3ccccc23)c1. The second-order valence-electron chi connectivity index (χ2n) is 7.32. The molecule has 0 atom stereocenters. The van der Waals surface area contributed by atoms with Crippen LogP contribution in [-0.4, -0.2) is 22.6 Å². The van der Waals surface area contributed by atoms with Gasteiger partial charge in [0.2, 0.25) is 5.91 Å². The molecule has 4 aromatic rings. The molecule has 0 saturated carbocycles. The Bertz CT molecular complexity index is 1310. The molecule has 0 fully saturated rings. The molecule has 4 rings (SSSR count). The van der Waals surface area contributed by atoms with Crippen LogP contribution in [-0.2, 0) is 11.3 Å². The third-order valence-corrected chi connectivity index (χ3v) is 5.43. The van der Waals surface area contributed by atoms with E-state index in [0.29, 0.717) is 11.3 Å². The molecule has 2 amide bonds. The van der Waals surface area contributed by atoms with Gasteiger partial charge in [0, 0.05) is 51.9 Å². The summed E-state index contributed by atoms with van der Waals surface area (Å²) in [6.45, 7) is 2.15. The maximum absolute atomic E-state index is 12.5. The summed E-state index contributed by atoms with van der Waals surface area (Å²) in [6, 6.07) is 23.0. The Kier molecular flexibility index (Phi) is 6.47. The van der Waals surface area contributed by atoms with Crippen LogP contribution in [0.5, 0.6) is 0 Å². The lowest BCUT2D eigenvalue weighted by Crippen LogP contribution is -2.18. The Balaban J connectivity index is 1.52. The van der Waals surface area contributed by atoms with Gasteiger partial charge in [-0.1, -0.05) is 52.3 Å². The molecule has 0 aliphatic heterocycles. The zero-order valence-corrected chi connectivity index (χ0v) is 19.0. The van der Waals surface area contributed by atoms with E-state index in [1.165, 1.54) is 12.5 Å². The van der Waals surface area contributed by atoms with Gasteiger partial charge in [0.05, 0.1) is 6.21 Å². The average Bonchev–Trinajstić information content (AvgIpc) is 3.12. The zero-order chi connectivity index (χ0) is 22.5. The van der Waals surface area contributed by atoms with Gasteiger partial charge in [0.1, 0.15) is 0 Å². The summed E-state index contributed by atoms with van der Waals surface area (Å²) in [6.07, 6.45) is 3.68. The summed E-state index contributed by atoms with van der Waals surface area (Å²) in [5, 5.41) is 7.88. The fourth-order valence-electron chi connectivity index (χ4n) is 3.46. The van der Waals surface area contributed by atoms with Crippen molar-refractivity contribution in [2.45, 2.75) is 13.5 Å². The normalized spacial score (nSPS) is 11.1. The number of aromatic nitrogens is 1. The minimum absolute atomic E-state index is 0.194. The molecule has 3 aromatic carbocycles. The molecule has 2 N–H and O–H groups in total. The van der Waals surface area contributed by atoms with E-state index in [1.807, 2.05) is 36.5 Å². The van der Waals surface area contributed by atoms with Crippen molar-refractivity contribution in [3.63, 3.8) is 0 Å². The monoisotopic (exact) mass is 488 g/mol. The highest BCUT2D eigenvalue weighted by molar-refractivity contribution is 9.10. The van der Waals surface area contributed by atoms with E-state index in [-0.39, 0.29) is 11.8 Å². The quantitative estimate of drug-likeness (QED) is 0.290. The highest BCUT2D eigenvalue weighted by Crippen LogP contribution is 2.22. The van der Waals surface area contributed by atoms with Crippen LogP contribution in [0.15, 0.2) is 88.6 Å². The van der Waals surface area contributed by atoms with Crippen molar-refractivity contribution in [2.24, 2.45) is 5.10 Å². The van der Waals surface area contributed by atoms with E-state index in [1.54, 1.807) is 30.5 Å². The Morgan fingerprint density at radius 3 is 2.59 bits per heavy atom. The number of anilines is 1. The van der Waals surface area contributed by atoms with Crippen molar-refractivity contribution in [3.05, 3.63) is 100 Å². The number of carbonyl (C=O) groups is 2. The second kappa shape index (κ2) is 9.62. The fraction of sp³-hybridized carbons (Fsp3) is 0.0800. The third kappa shape index (κ3) is 5.12. The number of carbonyl (C=O) groups excluding carboxylic acids is 2. The van der Waals surface area contributed by atoms with E-state index in [9.17, 15) is 9.59 Å². The van der Waals surface area contributed by atoms with Crippen LogP contribution in [0.3, 0.4) is 0 Å². The number of amides is 2. The van der Waals surface area contributed by atoms with Crippen LogP contribution in [0.4, 0.5) is 5.69 Å². The van der Waals surface area contributed by atoms with E-state index in [2.05, 4.69) is 54.5 Å². The molecular formula is C25H21BrN4O2. The second-order valence-corrected chi connectivity index (χ2v) is 8.23. The van der Waals surface area contributed by atoms with E-state index < -0.39 is 0 Å². The molecule has 32 heavy (non-hydrogen) atoms. The van der Waals surface area contributed by atoms with Crippen molar-refractivity contribution in [1.29, 1.82) is 0 Å². The number of benzene rings is 3. The minimum Gasteiger partial charge on any atom is -0.342 e. The van der Waals surface area contributed by atoms with E-state index in [4.69, 9.17) is 0 Å². The van der Waals surface area contributed by atoms with Gasteiger partial charge < -0.3 is 9.88 Å². The van der Waals surface area contributed by atoms with Gasteiger partial charge in [-0.25, -0.2) is 5.43 Å². The molecule has 0 radical (unpaired) electrons. The van der Waals surface area contributed by atoms with Gasteiger partial charge in [0.25, 0.3) is 5.91 Å². The lowest BCUT2D eigenvalue weighted by atomic mass is 10.2. The Morgan fingerprint density at radius 2 is 1.81 bits per heavy atom. The first-order valence-electron chi connectivity index (χ1n) is 10.0. The highest BCUT2D eigenvalue weighted by atomic mass is 79.9. The fourth-order valence-corrected chi connectivity index (χ4v) is 3.73. The molecule has 0 aliphatic carbocycles.